The fraction of sp³-hybridized carbons (Fsp3) is 0.222. The van der Waals surface area contributed by atoms with E-state index in [2.05, 4.69) is 52.8 Å². The van der Waals surface area contributed by atoms with Gasteiger partial charge in [-0.15, -0.1) is 0 Å². The van der Waals surface area contributed by atoms with Gasteiger partial charge in [0.15, 0.2) is 17.5 Å². The predicted molar refractivity (Wildman–Crippen MR) is 143 cm³/mol. The maximum atomic E-state index is 12.7. The number of H-pyrrole nitrogens is 1. The third-order valence-electron chi connectivity index (χ3n) is 5.74. The minimum Gasteiger partial charge on any atom is -0.347 e. The Balaban J connectivity index is 1.20. The van der Waals surface area contributed by atoms with Crippen molar-refractivity contribution in [2.75, 3.05) is 5.32 Å². The standard InChI is InChI=1S/C27H28N10O/c1-4-5-20-14-31-37(16-20)25-9-6-19(12-29-25)13-30-27(38)22-8-7-21(15-28-22)26-32-17(2)10-23(34-26)33-24-11-18(3)35-36-24/h6-12,14-16H,4-5,13H2,1-3H3,(H,30,38)(H2,32,33,34,35,36). The summed E-state index contributed by atoms with van der Waals surface area (Å²) in [5, 5.41) is 17.5. The Kier molecular flexibility index (Phi) is 7.16. The van der Waals surface area contributed by atoms with E-state index in [0.29, 0.717) is 35.3 Å². The van der Waals surface area contributed by atoms with Crippen molar-refractivity contribution in [1.82, 2.24) is 45.2 Å². The van der Waals surface area contributed by atoms with Crippen molar-refractivity contribution in [1.29, 1.82) is 0 Å². The summed E-state index contributed by atoms with van der Waals surface area (Å²) in [6.07, 6.45) is 9.24. The van der Waals surface area contributed by atoms with Gasteiger partial charge in [-0.3, -0.25) is 14.9 Å². The molecule has 0 aliphatic heterocycles. The molecule has 11 nitrogen and oxygen atoms in total. The first-order valence-electron chi connectivity index (χ1n) is 12.3. The van der Waals surface area contributed by atoms with Crippen LogP contribution >= 0.6 is 0 Å². The number of aromatic amines is 1. The van der Waals surface area contributed by atoms with Crippen LogP contribution in [-0.4, -0.2) is 45.8 Å². The van der Waals surface area contributed by atoms with Crippen LogP contribution in [-0.2, 0) is 13.0 Å². The number of aryl methyl sites for hydroxylation is 3. The number of pyridine rings is 2. The number of carbonyl (C=O) groups is 1. The lowest BCUT2D eigenvalue weighted by Crippen LogP contribution is -2.23. The molecule has 11 heteroatoms. The number of rotatable bonds is 9. The molecule has 38 heavy (non-hydrogen) atoms. The summed E-state index contributed by atoms with van der Waals surface area (Å²) < 4.78 is 1.76. The van der Waals surface area contributed by atoms with Gasteiger partial charge in [0.05, 0.1) is 6.20 Å². The lowest BCUT2D eigenvalue weighted by molar-refractivity contribution is 0.0946. The second kappa shape index (κ2) is 11.0. The highest BCUT2D eigenvalue weighted by Gasteiger charge is 2.11. The molecule has 0 aliphatic rings. The highest BCUT2D eigenvalue weighted by molar-refractivity contribution is 5.92. The van der Waals surface area contributed by atoms with Crippen LogP contribution in [0.15, 0.2) is 61.2 Å². The number of amides is 1. The molecule has 5 aromatic heterocycles. The Labute approximate surface area is 219 Å². The highest BCUT2D eigenvalue weighted by atomic mass is 16.1. The van der Waals surface area contributed by atoms with E-state index in [4.69, 9.17) is 0 Å². The largest absolute Gasteiger partial charge is 0.347 e. The lowest BCUT2D eigenvalue weighted by Gasteiger charge is -2.08. The van der Waals surface area contributed by atoms with E-state index in [1.807, 2.05) is 50.5 Å². The maximum absolute atomic E-state index is 12.7. The average molecular weight is 509 g/mol. The summed E-state index contributed by atoms with van der Waals surface area (Å²) in [5.41, 5.74) is 4.79. The quantitative estimate of drug-likeness (QED) is 0.271. The molecule has 0 spiro atoms. The Hall–Kier alpha value is -4.93. The van der Waals surface area contributed by atoms with E-state index in [1.165, 1.54) is 5.56 Å². The monoisotopic (exact) mass is 508 g/mol. The van der Waals surface area contributed by atoms with Gasteiger partial charge >= 0.3 is 0 Å². The maximum Gasteiger partial charge on any atom is 0.270 e. The van der Waals surface area contributed by atoms with Crippen molar-refractivity contribution < 1.29 is 4.79 Å². The number of nitrogens with one attached hydrogen (secondary N) is 3. The molecule has 5 rings (SSSR count). The molecular weight excluding hydrogens is 480 g/mol. The van der Waals surface area contributed by atoms with Crippen molar-refractivity contribution in [2.24, 2.45) is 0 Å². The van der Waals surface area contributed by atoms with E-state index in [0.717, 1.165) is 35.6 Å². The molecule has 5 heterocycles. The second-order valence-corrected chi connectivity index (χ2v) is 8.96. The van der Waals surface area contributed by atoms with Gasteiger partial charge in [-0.25, -0.2) is 19.6 Å². The summed E-state index contributed by atoms with van der Waals surface area (Å²) in [6.45, 7) is 6.29. The van der Waals surface area contributed by atoms with E-state index in [-0.39, 0.29) is 5.91 Å². The zero-order chi connectivity index (χ0) is 26.5. The fourth-order valence-electron chi connectivity index (χ4n) is 3.87. The van der Waals surface area contributed by atoms with Crippen LogP contribution in [0, 0.1) is 13.8 Å². The van der Waals surface area contributed by atoms with Crippen LogP contribution < -0.4 is 10.6 Å². The minimum absolute atomic E-state index is 0.279. The van der Waals surface area contributed by atoms with Gasteiger partial charge in [0.2, 0.25) is 0 Å². The smallest absolute Gasteiger partial charge is 0.270 e. The molecule has 5 aromatic rings. The third-order valence-corrected chi connectivity index (χ3v) is 5.74. The number of carbonyl (C=O) groups excluding carboxylic acids is 1. The van der Waals surface area contributed by atoms with Crippen molar-refractivity contribution in [3.63, 3.8) is 0 Å². The molecule has 0 atom stereocenters. The summed E-state index contributed by atoms with van der Waals surface area (Å²) in [7, 11) is 0. The molecule has 1 amide bonds. The predicted octanol–water partition coefficient (Wildman–Crippen LogP) is 4.09. The Morgan fingerprint density at radius 2 is 1.87 bits per heavy atom. The van der Waals surface area contributed by atoms with Crippen LogP contribution in [0.25, 0.3) is 17.2 Å². The molecule has 0 radical (unpaired) electrons. The van der Waals surface area contributed by atoms with E-state index in [1.54, 1.807) is 29.2 Å². The highest BCUT2D eigenvalue weighted by Crippen LogP contribution is 2.20. The summed E-state index contributed by atoms with van der Waals surface area (Å²) in [4.78, 5) is 30.5. The molecule has 0 bridgehead atoms. The number of aromatic nitrogens is 8. The fourth-order valence-corrected chi connectivity index (χ4v) is 3.87. The Morgan fingerprint density at radius 1 is 0.974 bits per heavy atom. The van der Waals surface area contributed by atoms with Gasteiger partial charge in [0.25, 0.3) is 5.91 Å². The van der Waals surface area contributed by atoms with Gasteiger partial charge in [0, 0.05) is 54.2 Å². The lowest BCUT2D eigenvalue weighted by atomic mass is 10.2. The van der Waals surface area contributed by atoms with Crippen LogP contribution in [0.5, 0.6) is 0 Å². The minimum atomic E-state index is -0.279. The first-order valence-corrected chi connectivity index (χ1v) is 12.3. The van der Waals surface area contributed by atoms with Crippen LogP contribution in [0.4, 0.5) is 11.6 Å². The van der Waals surface area contributed by atoms with Crippen molar-refractivity contribution in [3.8, 4) is 17.2 Å². The number of nitrogens with zero attached hydrogens (tertiary/aromatic N) is 7. The van der Waals surface area contributed by atoms with Crippen molar-refractivity contribution in [2.45, 2.75) is 40.2 Å². The zero-order valence-corrected chi connectivity index (χ0v) is 21.4. The van der Waals surface area contributed by atoms with Crippen LogP contribution in [0.3, 0.4) is 0 Å². The molecule has 0 aromatic carbocycles. The summed E-state index contributed by atoms with van der Waals surface area (Å²) in [6, 6.07) is 11.0. The van der Waals surface area contributed by atoms with Crippen LogP contribution in [0.2, 0.25) is 0 Å². The van der Waals surface area contributed by atoms with E-state index < -0.39 is 0 Å². The normalized spacial score (nSPS) is 10.9. The average Bonchev–Trinajstić information content (AvgIpc) is 3.56. The molecule has 192 valence electrons. The van der Waals surface area contributed by atoms with Gasteiger partial charge in [-0.2, -0.15) is 10.2 Å². The van der Waals surface area contributed by atoms with Crippen molar-refractivity contribution >= 4 is 17.5 Å². The van der Waals surface area contributed by atoms with Gasteiger partial charge in [-0.1, -0.05) is 19.4 Å². The number of hydrogen-bond acceptors (Lipinski definition) is 8. The topological polar surface area (TPSA) is 139 Å². The third kappa shape index (κ3) is 5.89. The number of anilines is 2. The van der Waals surface area contributed by atoms with Crippen molar-refractivity contribution in [3.05, 3.63) is 89.4 Å². The summed E-state index contributed by atoms with van der Waals surface area (Å²) >= 11 is 0. The zero-order valence-electron chi connectivity index (χ0n) is 21.4. The molecule has 0 aliphatic carbocycles. The molecule has 0 saturated carbocycles. The SMILES string of the molecule is CCCc1cnn(-c2ccc(CNC(=O)c3ccc(-c4nc(C)cc(Nc5cc(C)[nH]n5)n4)cn3)cn2)c1. The molecule has 3 N–H and O–H groups in total. The van der Waals surface area contributed by atoms with Gasteiger partial charge in [-0.05, 0) is 49.6 Å². The van der Waals surface area contributed by atoms with Gasteiger partial charge < -0.3 is 10.6 Å². The molecule has 0 fully saturated rings. The first-order chi connectivity index (χ1) is 18.5. The Morgan fingerprint density at radius 3 is 2.58 bits per heavy atom. The number of hydrogen-bond donors (Lipinski definition) is 3. The van der Waals surface area contributed by atoms with Crippen LogP contribution in [0.1, 0.15) is 46.3 Å². The summed E-state index contributed by atoms with van der Waals surface area (Å²) in [5.74, 6) is 2.25. The van der Waals surface area contributed by atoms with E-state index in [9.17, 15) is 4.79 Å². The second-order valence-electron chi connectivity index (χ2n) is 8.96. The Bertz CT molecular complexity index is 1540. The molecule has 0 saturated heterocycles. The molecule has 0 unspecified atom stereocenters. The van der Waals surface area contributed by atoms with E-state index >= 15 is 0 Å². The molecular formula is C27H28N10O. The first kappa shape index (κ1) is 24.8. The van der Waals surface area contributed by atoms with Gasteiger partial charge in [0.1, 0.15) is 11.5 Å².